The second kappa shape index (κ2) is 22.0. The molecule has 0 aliphatic carbocycles. The molecule has 0 spiro atoms. The number of hydrogen-bond acceptors (Lipinski definition) is 7. The van der Waals surface area contributed by atoms with Crippen LogP contribution >= 0.6 is 0 Å². The van der Waals surface area contributed by atoms with Gasteiger partial charge in [0.2, 0.25) is 0 Å². The molecule has 0 amide bonds. The summed E-state index contributed by atoms with van der Waals surface area (Å²) in [5.41, 5.74) is -0.386. The van der Waals surface area contributed by atoms with Crippen molar-refractivity contribution >= 4 is 22.1 Å². The first-order valence-corrected chi connectivity index (χ1v) is 14.4. The van der Waals surface area contributed by atoms with E-state index in [0.717, 1.165) is 95.2 Å². The molecule has 9 heteroatoms. The molecule has 0 aliphatic heterocycles. The smallest absolute Gasteiger partial charge is 0.744 e. The van der Waals surface area contributed by atoms with Crippen LogP contribution in [0.2, 0.25) is 0 Å². The van der Waals surface area contributed by atoms with Crippen LogP contribution in [-0.2, 0) is 19.6 Å². The molecule has 0 fully saturated rings. The SMILES string of the molecule is C=CCCCCCCCCOC(=O)c1ccc(S(=O)(=O)[O-])cc1C(=O)OCCCCCCCCC=C.[K+]. The van der Waals surface area contributed by atoms with E-state index < -0.39 is 27.0 Å². The maximum absolute atomic E-state index is 12.6. The van der Waals surface area contributed by atoms with Crippen molar-refractivity contribution in [3.63, 3.8) is 0 Å². The first kappa shape index (κ1) is 36.2. The quantitative estimate of drug-likeness (QED) is 0.0741. The topological polar surface area (TPSA) is 110 Å². The molecular formula is C28H41KO7S. The fourth-order valence-corrected chi connectivity index (χ4v) is 4.20. The number of esters is 2. The standard InChI is InChI=1S/C28H42O7S.K/c1-3-5-7-9-11-13-15-17-21-34-27(29)25-20-19-24(36(31,32)33)23-26(25)28(30)35-22-18-16-14-12-10-8-6-4-2;/h3-4,19-20,23H,1-2,5-18,21-22H2,(H,31,32,33);/q;+1/p-1. The van der Waals surface area contributed by atoms with Gasteiger partial charge < -0.3 is 14.0 Å². The summed E-state index contributed by atoms with van der Waals surface area (Å²) in [6, 6.07) is 3.03. The van der Waals surface area contributed by atoms with Crippen LogP contribution in [0.25, 0.3) is 0 Å². The van der Waals surface area contributed by atoms with Crippen LogP contribution in [0.15, 0.2) is 48.4 Å². The van der Waals surface area contributed by atoms with Crippen molar-refractivity contribution in [3.05, 3.63) is 54.6 Å². The molecule has 0 saturated carbocycles. The van der Waals surface area contributed by atoms with Gasteiger partial charge in [0.05, 0.1) is 29.2 Å². The summed E-state index contributed by atoms with van der Waals surface area (Å²) in [6.07, 6.45) is 17.8. The first-order chi connectivity index (χ1) is 17.3. The Hall–Kier alpha value is -0.814. The number of benzene rings is 1. The largest absolute Gasteiger partial charge is 1.00 e. The fraction of sp³-hybridized carbons (Fsp3) is 0.571. The van der Waals surface area contributed by atoms with Crippen LogP contribution in [-0.4, -0.2) is 38.1 Å². The minimum Gasteiger partial charge on any atom is -0.744 e. The number of ether oxygens (including phenoxy) is 2. The van der Waals surface area contributed by atoms with Crippen molar-refractivity contribution in [3.8, 4) is 0 Å². The van der Waals surface area contributed by atoms with Gasteiger partial charge in [-0.2, -0.15) is 0 Å². The molecule has 37 heavy (non-hydrogen) atoms. The Bertz CT molecular complexity index is 928. The summed E-state index contributed by atoms with van der Waals surface area (Å²) in [5.74, 6) is -1.60. The van der Waals surface area contributed by atoms with Gasteiger partial charge in [-0.1, -0.05) is 63.5 Å². The third kappa shape index (κ3) is 16.7. The van der Waals surface area contributed by atoms with E-state index in [4.69, 9.17) is 9.47 Å². The van der Waals surface area contributed by atoms with Crippen LogP contribution in [0.5, 0.6) is 0 Å². The van der Waals surface area contributed by atoms with Gasteiger partial charge in [0.1, 0.15) is 10.1 Å². The molecule has 0 unspecified atom stereocenters. The Morgan fingerprint density at radius 3 is 1.54 bits per heavy atom. The zero-order valence-electron chi connectivity index (χ0n) is 22.4. The molecule has 0 radical (unpaired) electrons. The van der Waals surface area contributed by atoms with Crippen LogP contribution < -0.4 is 51.4 Å². The third-order valence-corrected chi connectivity index (χ3v) is 6.62. The van der Waals surface area contributed by atoms with Crippen LogP contribution in [0.1, 0.15) is 111 Å². The van der Waals surface area contributed by atoms with Gasteiger partial charge >= 0.3 is 63.3 Å². The molecule has 0 bridgehead atoms. The molecule has 7 nitrogen and oxygen atoms in total. The molecule has 0 saturated heterocycles. The summed E-state index contributed by atoms with van der Waals surface area (Å²) in [7, 11) is -4.80. The van der Waals surface area contributed by atoms with Gasteiger partial charge in [-0.05, 0) is 56.7 Å². The minimum atomic E-state index is -4.80. The summed E-state index contributed by atoms with van der Waals surface area (Å²) in [4.78, 5) is 24.6. The first-order valence-electron chi connectivity index (χ1n) is 13.0. The van der Waals surface area contributed by atoms with E-state index in [1.165, 1.54) is 0 Å². The number of carbonyl (C=O) groups excluding carboxylic acids is 2. The van der Waals surface area contributed by atoms with Crippen molar-refractivity contribution in [2.75, 3.05) is 13.2 Å². The van der Waals surface area contributed by atoms with Gasteiger partial charge in [0.25, 0.3) is 0 Å². The monoisotopic (exact) mass is 560 g/mol. The zero-order chi connectivity index (χ0) is 26.7. The van der Waals surface area contributed by atoms with Gasteiger partial charge in [-0.25, -0.2) is 18.0 Å². The number of unbranched alkanes of at least 4 members (excludes halogenated alkanes) is 12. The van der Waals surface area contributed by atoms with E-state index in [-0.39, 0.29) is 75.7 Å². The molecule has 0 N–H and O–H groups in total. The molecule has 1 aromatic carbocycles. The minimum absolute atomic E-state index is 0. The normalized spacial score (nSPS) is 10.8. The van der Waals surface area contributed by atoms with Crippen molar-refractivity contribution in [1.82, 2.24) is 0 Å². The van der Waals surface area contributed by atoms with Crippen molar-refractivity contribution in [2.24, 2.45) is 0 Å². The van der Waals surface area contributed by atoms with Gasteiger partial charge in [-0.3, -0.25) is 0 Å². The van der Waals surface area contributed by atoms with Gasteiger partial charge in [0.15, 0.2) is 0 Å². The molecule has 1 rings (SSSR count). The number of allylic oxidation sites excluding steroid dienone is 2. The Kier molecular flexibility index (Phi) is 21.6. The van der Waals surface area contributed by atoms with Crippen molar-refractivity contribution in [2.45, 2.75) is 94.8 Å². The molecule has 0 atom stereocenters. The molecule has 0 aromatic heterocycles. The molecular weight excluding hydrogens is 519 g/mol. The van der Waals surface area contributed by atoms with E-state index in [0.29, 0.717) is 12.8 Å². The molecule has 0 aliphatic rings. The summed E-state index contributed by atoms with van der Waals surface area (Å²) in [5, 5.41) is 0. The second-order valence-electron chi connectivity index (χ2n) is 8.83. The zero-order valence-corrected chi connectivity index (χ0v) is 26.3. The maximum Gasteiger partial charge on any atom is 1.00 e. The molecule has 1 aromatic rings. The van der Waals surface area contributed by atoms with Gasteiger partial charge in [0, 0.05) is 0 Å². The van der Waals surface area contributed by atoms with Crippen LogP contribution in [0.4, 0.5) is 0 Å². The number of carbonyl (C=O) groups is 2. The average molecular weight is 561 g/mol. The van der Waals surface area contributed by atoms with Crippen LogP contribution in [0, 0.1) is 0 Å². The van der Waals surface area contributed by atoms with Gasteiger partial charge in [-0.15, -0.1) is 13.2 Å². The van der Waals surface area contributed by atoms with Crippen molar-refractivity contribution in [1.29, 1.82) is 0 Å². The third-order valence-electron chi connectivity index (χ3n) is 5.79. The fourth-order valence-electron chi connectivity index (χ4n) is 3.71. The molecule has 202 valence electrons. The maximum atomic E-state index is 12.6. The van der Waals surface area contributed by atoms with E-state index >= 15 is 0 Å². The van der Waals surface area contributed by atoms with Crippen LogP contribution in [0.3, 0.4) is 0 Å². The Labute approximate surface area is 265 Å². The average Bonchev–Trinajstić information content (AvgIpc) is 2.85. The van der Waals surface area contributed by atoms with E-state index in [1.54, 1.807) is 0 Å². The van der Waals surface area contributed by atoms with E-state index in [2.05, 4.69) is 13.2 Å². The Balaban J connectivity index is 0.0000130. The number of hydrogen-bond donors (Lipinski definition) is 0. The van der Waals surface area contributed by atoms with E-state index in [9.17, 15) is 22.6 Å². The molecule has 0 heterocycles. The number of rotatable bonds is 21. The predicted molar refractivity (Wildman–Crippen MR) is 140 cm³/mol. The summed E-state index contributed by atoms with van der Waals surface area (Å²) in [6.45, 7) is 7.74. The van der Waals surface area contributed by atoms with E-state index in [1.807, 2.05) is 12.2 Å². The predicted octanol–water partition coefficient (Wildman–Crippen LogP) is 3.74. The summed E-state index contributed by atoms with van der Waals surface area (Å²) >= 11 is 0. The Morgan fingerprint density at radius 1 is 0.703 bits per heavy atom. The Morgan fingerprint density at radius 2 is 1.11 bits per heavy atom. The van der Waals surface area contributed by atoms with Crippen molar-refractivity contribution < 1.29 is 83.4 Å². The summed E-state index contributed by atoms with van der Waals surface area (Å²) < 4.78 is 44.9. The second-order valence-corrected chi connectivity index (χ2v) is 10.2.